The number of nitrogens with one attached hydrogen (secondary N) is 2. The smallest absolute Gasteiger partial charge is 0.234 e. The molecule has 44 heavy (non-hydrogen) atoms. The zero-order chi connectivity index (χ0) is 31.9. The second kappa shape index (κ2) is 17.3. The Kier molecular flexibility index (Phi) is 13.3. The van der Waals surface area contributed by atoms with Crippen LogP contribution in [0.3, 0.4) is 0 Å². The molecular weight excluding hydrogens is 566 g/mol. The van der Waals surface area contributed by atoms with Crippen molar-refractivity contribution in [3.05, 3.63) is 131 Å². The fourth-order valence-electron chi connectivity index (χ4n) is 3.74. The average molecular weight is 605 g/mol. The molecule has 0 saturated carbocycles. The summed E-state index contributed by atoms with van der Waals surface area (Å²) in [7, 11) is 0. The van der Waals surface area contributed by atoms with E-state index in [2.05, 4.69) is 10.6 Å². The van der Waals surface area contributed by atoms with Crippen LogP contribution in [0.1, 0.15) is 36.1 Å². The summed E-state index contributed by atoms with van der Waals surface area (Å²) in [4.78, 5) is 21.9. The molecule has 2 amide bonds. The van der Waals surface area contributed by atoms with E-state index in [0.717, 1.165) is 22.3 Å². The van der Waals surface area contributed by atoms with Crippen LogP contribution in [0.4, 0.5) is 8.78 Å². The molecule has 4 aromatic rings. The van der Waals surface area contributed by atoms with E-state index in [1.54, 1.807) is 26.0 Å². The van der Waals surface area contributed by atoms with Gasteiger partial charge in [0.1, 0.15) is 36.3 Å². The molecule has 10 heteroatoms. The lowest BCUT2D eigenvalue weighted by molar-refractivity contribution is -0.120. The second-order valence-corrected chi connectivity index (χ2v) is 10.1. The van der Waals surface area contributed by atoms with E-state index in [4.69, 9.17) is 20.9 Å². The number of halogens is 2. The van der Waals surface area contributed by atoms with Gasteiger partial charge >= 0.3 is 0 Å². The first kappa shape index (κ1) is 33.7. The fraction of sp³-hybridized carbons (Fsp3) is 0.235. The first-order valence-electron chi connectivity index (χ1n) is 14.1. The van der Waals surface area contributed by atoms with Crippen LogP contribution in [0.2, 0.25) is 0 Å². The molecule has 0 unspecified atom stereocenters. The van der Waals surface area contributed by atoms with Gasteiger partial charge in [0.15, 0.2) is 0 Å². The van der Waals surface area contributed by atoms with Crippen LogP contribution in [-0.4, -0.2) is 23.9 Å². The number of benzene rings is 4. The molecule has 4 aromatic carbocycles. The molecule has 0 radical (unpaired) electrons. The highest BCUT2D eigenvalue weighted by molar-refractivity contribution is 5.79. The van der Waals surface area contributed by atoms with Crippen molar-refractivity contribution in [2.24, 2.45) is 11.5 Å². The average Bonchev–Trinajstić information content (AvgIpc) is 3.01. The minimum absolute atomic E-state index is 0.272. The lowest BCUT2D eigenvalue weighted by Gasteiger charge is -2.11. The van der Waals surface area contributed by atoms with Gasteiger partial charge in [0.05, 0.1) is 12.1 Å². The summed E-state index contributed by atoms with van der Waals surface area (Å²) in [5, 5.41) is 6.05. The largest absolute Gasteiger partial charge is 0.489 e. The van der Waals surface area contributed by atoms with Gasteiger partial charge in [-0.15, -0.1) is 0 Å². The molecular formula is C34H38F2N4O4. The number of primary amides is 2. The Balaban J connectivity index is 0.000000240. The third-order valence-electron chi connectivity index (χ3n) is 6.51. The summed E-state index contributed by atoms with van der Waals surface area (Å²) in [5.74, 6) is 0.106. The van der Waals surface area contributed by atoms with Crippen molar-refractivity contribution in [2.75, 3.05) is 0 Å². The summed E-state index contributed by atoms with van der Waals surface area (Å²) in [6, 6.07) is 26.9. The van der Waals surface area contributed by atoms with Gasteiger partial charge in [-0.3, -0.25) is 9.59 Å². The Morgan fingerprint density at radius 2 is 0.977 bits per heavy atom. The highest BCUT2D eigenvalue weighted by Gasteiger charge is 2.08. The number of amides is 2. The van der Waals surface area contributed by atoms with Crippen molar-refractivity contribution in [2.45, 2.75) is 52.2 Å². The minimum Gasteiger partial charge on any atom is -0.489 e. The van der Waals surface area contributed by atoms with Crippen LogP contribution in [-0.2, 0) is 35.9 Å². The quantitative estimate of drug-likeness (QED) is 0.165. The second-order valence-electron chi connectivity index (χ2n) is 10.1. The molecule has 0 aromatic heterocycles. The third-order valence-corrected chi connectivity index (χ3v) is 6.51. The van der Waals surface area contributed by atoms with E-state index >= 15 is 0 Å². The zero-order valence-electron chi connectivity index (χ0n) is 24.8. The van der Waals surface area contributed by atoms with Crippen molar-refractivity contribution < 1.29 is 27.8 Å². The zero-order valence-corrected chi connectivity index (χ0v) is 24.8. The van der Waals surface area contributed by atoms with Crippen LogP contribution in [0.25, 0.3) is 0 Å². The summed E-state index contributed by atoms with van der Waals surface area (Å²) < 4.78 is 37.3. The molecule has 0 aliphatic rings. The first-order chi connectivity index (χ1) is 21.1. The maximum absolute atomic E-state index is 13.1. The van der Waals surface area contributed by atoms with E-state index in [1.165, 1.54) is 24.3 Å². The summed E-state index contributed by atoms with van der Waals surface area (Å²) in [6.07, 6.45) is 0. The molecule has 8 nitrogen and oxygen atoms in total. The molecule has 0 bridgehead atoms. The molecule has 232 valence electrons. The van der Waals surface area contributed by atoms with Gasteiger partial charge in [-0.25, -0.2) is 8.78 Å². The molecule has 0 saturated heterocycles. The van der Waals surface area contributed by atoms with E-state index in [0.29, 0.717) is 37.8 Å². The third kappa shape index (κ3) is 12.2. The number of rotatable bonds is 14. The molecule has 0 fully saturated rings. The van der Waals surface area contributed by atoms with E-state index < -0.39 is 0 Å². The fourth-order valence-corrected chi connectivity index (χ4v) is 3.74. The summed E-state index contributed by atoms with van der Waals surface area (Å²) in [5.41, 5.74) is 14.0. The van der Waals surface area contributed by atoms with Crippen LogP contribution in [0, 0.1) is 11.6 Å². The lowest BCUT2D eigenvalue weighted by Crippen LogP contribution is -2.38. The van der Waals surface area contributed by atoms with Crippen molar-refractivity contribution in [1.29, 1.82) is 0 Å². The SMILES string of the molecule is C[C@H](NCc1ccc(OCc2cccc(F)c2)cc1)C(N)=O.C[C@H](NCc1ccc(OCc2cccc(F)c2)cc1)C(N)=O. The van der Waals surface area contributed by atoms with Crippen LogP contribution >= 0.6 is 0 Å². The van der Waals surface area contributed by atoms with Crippen LogP contribution in [0.5, 0.6) is 11.5 Å². The van der Waals surface area contributed by atoms with E-state index in [9.17, 15) is 18.4 Å². The van der Waals surface area contributed by atoms with Gasteiger partial charge in [-0.2, -0.15) is 0 Å². The normalized spacial score (nSPS) is 11.9. The summed E-state index contributed by atoms with van der Waals surface area (Å²) >= 11 is 0. The molecule has 0 aliphatic carbocycles. The van der Waals surface area contributed by atoms with Crippen LogP contribution in [0.15, 0.2) is 97.1 Å². The number of carbonyl (C=O) groups is 2. The Hall–Kier alpha value is -4.80. The molecule has 6 N–H and O–H groups in total. The topological polar surface area (TPSA) is 129 Å². The summed E-state index contributed by atoms with van der Waals surface area (Å²) in [6.45, 7) is 5.17. The van der Waals surface area contributed by atoms with Gasteiger partial charge in [0.25, 0.3) is 0 Å². The van der Waals surface area contributed by atoms with Gasteiger partial charge in [0, 0.05) is 13.1 Å². The van der Waals surface area contributed by atoms with E-state index in [1.807, 2.05) is 60.7 Å². The molecule has 0 aliphatic heterocycles. The van der Waals surface area contributed by atoms with Crippen molar-refractivity contribution in [3.63, 3.8) is 0 Å². The van der Waals surface area contributed by atoms with Gasteiger partial charge in [0.2, 0.25) is 11.8 Å². The number of hydrogen-bond acceptors (Lipinski definition) is 6. The Labute approximate surface area is 256 Å². The predicted molar refractivity (Wildman–Crippen MR) is 165 cm³/mol. The molecule has 2 atom stereocenters. The van der Waals surface area contributed by atoms with Gasteiger partial charge in [-0.1, -0.05) is 48.5 Å². The van der Waals surface area contributed by atoms with Crippen molar-refractivity contribution in [1.82, 2.24) is 10.6 Å². The van der Waals surface area contributed by atoms with Crippen LogP contribution < -0.4 is 31.6 Å². The number of carbonyl (C=O) groups excluding carboxylic acids is 2. The highest BCUT2D eigenvalue weighted by atomic mass is 19.1. The van der Waals surface area contributed by atoms with Crippen molar-refractivity contribution >= 4 is 11.8 Å². The lowest BCUT2D eigenvalue weighted by atomic mass is 10.2. The Morgan fingerprint density at radius 1 is 0.614 bits per heavy atom. The number of nitrogens with two attached hydrogens (primary N) is 2. The molecule has 0 spiro atoms. The van der Waals surface area contributed by atoms with Crippen molar-refractivity contribution in [3.8, 4) is 11.5 Å². The minimum atomic E-state index is -0.380. The maximum Gasteiger partial charge on any atom is 0.234 e. The standard InChI is InChI=1S/2C17H19FN2O2/c2*1-12(17(19)21)20-10-13-5-7-16(8-6-13)22-11-14-3-2-4-15(18)9-14/h2*2-9,12,20H,10-11H2,1H3,(H2,19,21)/t2*12-/m00/s1. The predicted octanol–water partition coefficient (Wildman–Crippen LogP) is 4.74. The Morgan fingerprint density at radius 3 is 1.30 bits per heavy atom. The number of ether oxygens (including phenoxy) is 2. The monoisotopic (exact) mass is 604 g/mol. The van der Waals surface area contributed by atoms with E-state index in [-0.39, 0.29) is 35.5 Å². The maximum atomic E-state index is 13.1. The van der Waals surface area contributed by atoms with Gasteiger partial charge < -0.3 is 31.6 Å². The number of hydrogen-bond donors (Lipinski definition) is 4. The van der Waals surface area contributed by atoms with Gasteiger partial charge in [-0.05, 0) is 84.6 Å². The highest BCUT2D eigenvalue weighted by Crippen LogP contribution is 2.16. The first-order valence-corrected chi connectivity index (χ1v) is 14.1. The molecule has 0 heterocycles. The molecule has 4 rings (SSSR count). The Bertz CT molecular complexity index is 1370.